The zero-order chi connectivity index (χ0) is 12.9. The minimum atomic E-state index is -1.55. The van der Waals surface area contributed by atoms with Crippen molar-refractivity contribution in [2.75, 3.05) is 0 Å². The van der Waals surface area contributed by atoms with Crippen LogP contribution in [0.2, 0.25) is 0 Å². The molecule has 1 rings (SSSR count). The number of hydrogen-bond acceptors (Lipinski definition) is 2. The molecule has 17 heavy (non-hydrogen) atoms. The SMILES string of the molecule is CCC(=O)N[C@H](Sc1ccccc1)C(Cl)(Cl)Cl. The van der Waals surface area contributed by atoms with Gasteiger partial charge < -0.3 is 5.32 Å². The summed E-state index contributed by atoms with van der Waals surface area (Å²) >= 11 is 18.8. The monoisotopic (exact) mass is 311 g/mol. The Morgan fingerprint density at radius 3 is 2.41 bits per heavy atom. The average molecular weight is 313 g/mol. The van der Waals surface area contributed by atoms with Crippen LogP contribution in [0.3, 0.4) is 0 Å². The summed E-state index contributed by atoms with van der Waals surface area (Å²) in [5.74, 6) is -0.148. The molecule has 0 bridgehead atoms. The van der Waals surface area contributed by atoms with Gasteiger partial charge in [0.1, 0.15) is 5.37 Å². The van der Waals surface area contributed by atoms with Gasteiger partial charge in [-0.25, -0.2) is 0 Å². The van der Waals surface area contributed by atoms with Crippen molar-refractivity contribution in [1.82, 2.24) is 5.32 Å². The molecule has 0 fully saturated rings. The van der Waals surface area contributed by atoms with Crippen molar-refractivity contribution >= 4 is 52.5 Å². The van der Waals surface area contributed by atoms with E-state index in [9.17, 15) is 4.79 Å². The van der Waals surface area contributed by atoms with E-state index in [0.29, 0.717) is 6.42 Å². The summed E-state index contributed by atoms with van der Waals surface area (Å²) in [6, 6.07) is 9.47. The van der Waals surface area contributed by atoms with Crippen molar-refractivity contribution in [1.29, 1.82) is 0 Å². The highest BCUT2D eigenvalue weighted by atomic mass is 35.6. The van der Waals surface area contributed by atoms with Gasteiger partial charge in [-0.3, -0.25) is 4.79 Å². The van der Waals surface area contributed by atoms with Crippen LogP contribution in [0.25, 0.3) is 0 Å². The standard InChI is InChI=1S/C11H12Cl3NOS/c1-2-9(16)15-10(11(12,13)14)17-8-6-4-3-5-7-8/h3-7,10H,2H2,1H3,(H,15,16)/t10-/m1/s1. The number of rotatable bonds is 4. The Bertz CT molecular complexity index is 367. The first-order valence-corrected chi connectivity index (χ1v) is 7.02. The average Bonchev–Trinajstić information content (AvgIpc) is 2.28. The lowest BCUT2D eigenvalue weighted by atomic mass is 10.4. The van der Waals surface area contributed by atoms with E-state index in [2.05, 4.69) is 5.32 Å². The van der Waals surface area contributed by atoms with Gasteiger partial charge in [0.15, 0.2) is 0 Å². The molecule has 1 amide bonds. The van der Waals surface area contributed by atoms with E-state index in [4.69, 9.17) is 34.8 Å². The minimum absolute atomic E-state index is 0.148. The predicted molar refractivity (Wildman–Crippen MR) is 74.8 cm³/mol. The number of nitrogens with one attached hydrogen (secondary N) is 1. The van der Waals surface area contributed by atoms with Gasteiger partial charge in [-0.05, 0) is 12.1 Å². The van der Waals surface area contributed by atoms with Crippen LogP contribution in [0.1, 0.15) is 13.3 Å². The third-order valence-electron chi connectivity index (χ3n) is 1.91. The van der Waals surface area contributed by atoms with E-state index in [0.717, 1.165) is 4.90 Å². The zero-order valence-electron chi connectivity index (χ0n) is 9.12. The van der Waals surface area contributed by atoms with Crippen molar-refractivity contribution in [3.63, 3.8) is 0 Å². The van der Waals surface area contributed by atoms with Crippen LogP contribution in [0.4, 0.5) is 0 Å². The van der Waals surface area contributed by atoms with Gasteiger partial charge in [-0.2, -0.15) is 0 Å². The topological polar surface area (TPSA) is 29.1 Å². The van der Waals surface area contributed by atoms with E-state index in [1.807, 2.05) is 30.3 Å². The lowest BCUT2D eigenvalue weighted by Gasteiger charge is -2.24. The molecule has 1 aromatic carbocycles. The number of amides is 1. The smallest absolute Gasteiger partial charge is 0.220 e. The fourth-order valence-electron chi connectivity index (χ4n) is 1.06. The van der Waals surface area contributed by atoms with Crippen LogP contribution in [0.15, 0.2) is 35.2 Å². The molecule has 1 aromatic rings. The van der Waals surface area contributed by atoms with Crippen LogP contribution < -0.4 is 5.32 Å². The van der Waals surface area contributed by atoms with Crippen LogP contribution in [-0.2, 0) is 4.79 Å². The van der Waals surface area contributed by atoms with E-state index in [1.165, 1.54) is 11.8 Å². The quantitative estimate of drug-likeness (QED) is 0.517. The fourth-order valence-corrected chi connectivity index (χ4v) is 2.54. The van der Waals surface area contributed by atoms with Gasteiger partial charge in [0.25, 0.3) is 0 Å². The number of thioether (sulfide) groups is 1. The van der Waals surface area contributed by atoms with Crippen LogP contribution in [0, 0.1) is 0 Å². The number of carbonyl (C=O) groups is 1. The molecule has 0 radical (unpaired) electrons. The Labute approximate surface area is 120 Å². The zero-order valence-corrected chi connectivity index (χ0v) is 12.2. The molecule has 0 saturated carbocycles. The molecule has 0 aliphatic rings. The summed E-state index contributed by atoms with van der Waals surface area (Å²) in [6.45, 7) is 1.75. The Morgan fingerprint density at radius 1 is 1.35 bits per heavy atom. The second-order valence-electron chi connectivity index (χ2n) is 3.27. The number of benzene rings is 1. The lowest BCUT2D eigenvalue weighted by molar-refractivity contribution is -0.120. The van der Waals surface area contributed by atoms with Crippen molar-refractivity contribution in [3.8, 4) is 0 Å². The summed E-state index contributed by atoms with van der Waals surface area (Å²) in [7, 11) is 0. The molecule has 0 unspecified atom stereocenters. The van der Waals surface area contributed by atoms with Gasteiger partial charge >= 0.3 is 0 Å². The maximum absolute atomic E-state index is 11.4. The molecule has 0 aromatic heterocycles. The highest BCUT2D eigenvalue weighted by Gasteiger charge is 2.34. The molecule has 0 spiro atoms. The van der Waals surface area contributed by atoms with Gasteiger partial charge in [-0.15, -0.1) is 0 Å². The Morgan fingerprint density at radius 2 is 1.94 bits per heavy atom. The van der Waals surface area contributed by atoms with Gasteiger partial charge in [0.05, 0.1) is 0 Å². The van der Waals surface area contributed by atoms with E-state index in [1.54, 1.807) is 6.92 Å². The summed E-state index contributed by atoms with van der Waals surface area (Å²) in [5.41, 5.74) is 0. The molecule has 6 heteroatoms. The Kier molecular flexibility index (Phi) is 5.93. The third kappa shape index (κ3) is 5.38. The highest BCUT2D eigenvalue weighted by molar-refractivity contribution is 8.00. The lowest BCUT2D eigenvalue weighted by Crippen LogP contribution is -2.40. The second kappa shape index (κ2) is 6.74. The summed E-state index contributed by atoms with van der Waals surface area (Å²) in [5, 5.41) is 2.07. The highest BCUT2D eigenvalue weighted by Crippen LogP contribution is 2.39. The van der Waals surface area contributed by atoms with Crippen LogP contribution in [0.5, 0.6) is 0 Å². The number of carbonyl (C=O) groups excluding carboxylic acids is 1. The molecule has 0 aliphatic carbocycles. The molecule has 0 saturated heterocycles. The van der Waals surface area contributed by atoms with Crippen molar-refractivity contribution in [2.24, 2.45) is 0 Å². The largest absolute Gasteiger partial charge is 0.340 e. The maximum Gasteiger partial charge on any atom is 0.220 e. The van der Waals surface area contributed by atoms with Crippen LogP contribution in [-0.4, -0.2) is 15.1 Å². The van der Waals surface area contributed by atoms with E-state index >= 15 is 0 Å². The third-order valence-corrected chi connectivity index (χ3v) is 4.20. The number of alkyl halides is 3. The fraction of sp³-hybridized carbons (Fsp3) is 0.364. The predicted octanol–water partition coefficient (Wildman–Crippen LogP) is 4.00. The summed E-state index contributed by atoms with van der Waals surface area (Å²) in [4.78, 5) is 12.3. The molecular weight excluding hydrogens is 301 g/mol. The van der Waals surface area contributed by atoms with E-state index < -0.39 is 9.17 Å². The first-order chi connectivity index (χ1) is 7.93. The van der Waals surface area contributed by atoms with E-state index in [-0.39, 0.29) is 5.91 Å². The Hall–Kier alpha value is -0.0900. The van der Waals surface area contributed by atoms with Crippen molar-refractivity contribution in [2.45, 2.75) is 27.4 Å². The molecule has 0 aliphatic heterocycles. The molecule has 1 atom stereocenters. The van der Waals surface area contributed by atoms with Gasteiger partial charge in [0, 0.05) is 11.3 Å². The molecular formula is C11H12Cl3NOS. The molecule has 1 N–H and O–H groups in total. The van der Waals surface area contributed by atoms with Crippen molar-refractivity contribution < 1.29 is 4.79 Å². The molecule has 0 heterocycles. The van der Waals surface area contributed by atoms with Crippen LogP contribution >= 0.6 is 46.6 Å². The normalized spacial score (nSPS) is 13.2. The van der Waals surface area contributed by atoms with Gasteiger partial charge in [-0.1, -0.05) is 71.7 Å². The summed E-state index contributed by atoms with van der Waals surface area (Å²) in [6.07, 6.45) is 0.354. The van der Waals surface area contributed by atoms with Crippen molar-refractivity contribution in [3.05, 3.63) is 30.3 Å². The second-order valence-corrected chi connectivity index (χ2v) is 6.82. The Balaban J connectivity index is 2.75. The summed E-state index contributed by atoms with van der Waals surface area (Å²) < 4.78 is -1.55. The number of hydrogen-bond donors (Lipinski definition) is 1. The minimum Gasteiger partial charge on any atom is -0.340 e. The molecule has 2 nitrogen and oxygen atoms in total. The number of halogens is 3. The first-order valence-electron chi connectivity index (χ1n) is 5.01. The first kappa shape index (κ1) is 15.0. The van der Waals surface area contributed by atoms with Gasteiger partial charge in [0.2, 0.25) is 9.70 Å². The molecule has 94 valence electrons. The maximum atomic E-state index is 11.4.